The van der Waals surface area contributed by atoms with Crippen LogP contribution in [0.1, 0.15) is 5.69 Å². The van der Waals surface area contributed by atoms with Crippen molar-refractivity contribution in [2.75, 3.05) is 4.72 Å². The van der Waals surface area contributed by atoms with Gasteiger partial charge in [-0.25, -0.2) is 13.4 Å². The van der Waals surface area contributed by atoms with Gasteiger partial charge in [0.15, 0.2) is 10.0 Å². The molecule has 0 fully saturated rings. The Kier molecular flexibility index (Phi) is 4.36. The molecule has 0 aliphatic heterocycles. The third kappa shape index (κ3) is 3.12. The molecule has 2 aromatic heterocycles. The predicted molar refractivity (Wildman–Crippen MR) is 108 cm³/mol. The smallest absolute Gasteiger partial charge is 0.289 e. The van der Waals surface area contributed by atoms with E-state index in [1.807, 2.05) is 31.2 Å². The summed E-state index contributed by atoms with van der Waals surface area (Å²) in [4.78, 5) is 17.7. The number of sulfonamides is 1. The van der Waals surface area contributed by atoms with Crippen LogP contribution >= 0.6 is 11.3 Å². The number of aryl methyl sites for hydroxylation is 1. The van der Waals surface area contributed by atoms with Crippen LogP contribution in [0.5, 0.6) is 0 Å². The van der Waals surface area contributed by atoms with Crippen LogP contribution in [-0.4, -0.2) is 23.3 Å². The van der Waals surface area contributed by atoms with Crippen LogP contribution in [0, 0.1) is 17.0 Å². The number of H-pyrrole nitrogens is 1. The Morgan fingerprint density at radius 3 is 2.64 bits per heavy atom. The first-order valence-corrected chi connectivity index (χ1v) is 10.5. The molecule has 4 aromatic rings. The zero-order valence-electron chi connectivity index (χ0n) is 14.5. The van der Waals surface area contributed by atoms with E-state index in [-0.39, 0.29) is 5.13 Å². The van der Waals surface area contributed by atoms with Gasteiger partial charge in [0, 0.05) is 33.6 Å². The maximum atomic E-state index is 12.6. The molecule has 0 spiro atoms. The topological polar surface area (TPSA) is 118 Å². The summed E-state index contributed by atoms with van der Waals surface area (Å²) < 4.78 is 27.6. The molecule has 0 unspecified atom stereocenters. The normalized spacial score (nSPS) is 11.6. The molecule has 10 heteroatoms. The lowest BCUT2D eigenvalue weighted by Gasteiger charge is -2.05. The van der Waals surface area contributed by atoms with E-state index < -0.39 is 25.5 Å². The molecule has 0 saturated heterocycles. The van der Waals surface area contributed by atoms with Gasteiger partial charge in [-0.05, 0) is 19.1 Å². The number of hydrogen-bond acceptors (Lipinski definition) is 6. The van der Waals surface area contributed by atoms with Crippen molar-refractivity contribution in [3.05, 3.63) is 69.7 Å². The number of nitrogens with one attached hydrogen (secondary N) is 2. The van der Waals surface area contributed by atoms with Crippen LogP contribution in [-0.2, 0) is 10.0 Å². The second-order valence-corrected chi connectivity index (χ2v) is 8.55. The van der Waals surface area contributed by atoms with Crippen molar-refractivity contribution in [3.8, 4) is 11.3 Å². The molecule has 0 amide bonds. The van der Waals surface area contributed by atoms with Gasteiger partial charge < -0.3 is 4.98 Å². The molecular formula is C18H14N4O4S2. The number of nitro groups is 1. The Hall–Kier alpha value is -3.24. The molecule has 142 valence electrons. The Balaban J connectivity index is 1.71. The summed E-state index contributed by atoms with van der Waals surface area (Å²) in [5, 5.41) is 14.0. The minimum atomic E-state index is -4.15. The molecule has 2 N–H and O–H groups in total. The SMILES string of the molecule is Cc1[nH]c2ccccc2c1-c1csc(NS(=O)(=O)c2ccccc2[N+](=O)[O-])n1. The number of hydrogen-bond donors (Lipinski definition) is 2. The lowest BCUT2D eigenvalue weighted by atomic mass is 10.1. The van der Waals surface area contributed by atoms with Gasteiger partial charge in [-0.1, -0.05) is 30.3 Å². The highest BCUT2D eigenvalue weighted by atomic mass is 32.2. The summed E-state index contributed by atoms with van der Waals surface area (Å²) in [6.07, 6.45) is 0. The van der Waals surface area contributed by atoms with Crippen LogP contribution in [0.4, 0.5) is 10.8 Å². The van der Waals surface area contributed by atoms with Gasteiger partial charge in [-0.15, -0.1) is 11.3 Å². The molecule has 4 rings (SSSR count). The molecule has 28 heavy (non-hydrogen) atoms. The molecule has 0 atom stereocenters. The lowest BCUT2D eigenvalue weighted by molar-refractivity contribution is -0.387. The fraction of sp³-hybridized carbons (Fsp3) is 0.0556. The number of benzene rings is 2. The van der Waals surface area contributed by atoms with E-state index in [9.17, 15) is 18.5 Å². The molecule has 0 aliphatic rings. The monoisotopic (exact) mass is 414 g/mol. The Morgan fingerprint density at radius 1 is 1.14 bits per heavy atom. The second kappa shape index (κ2) is 6.73. The summed E-state index contributed by atoms with van der Waals surface area (Å²) >= 11 is 1.12. The van der Waals surface area contributed by atoms with Crippen molar-refractivity contribution in [1.29, 1.82) is 0 Å². The van der Waals surface area contributed by atoms with Crippen LogP contribution in [0.25, 0.3) is 22.2 Å². The molecule has 0 saturated carbocycles. The van der Waals surface area contributed by atoms with Crippen LogP contribution in [0.2, 0.25) is 0 Å². The number of fused-ring (bicyclic) bond motifs is 1. The summed E-state index contributed by atoms with van der Waals surface area (Å²) in [7, 11) is -4.15. The first kappa shape index (κ1) is 18.1. The number of para-hydroxylation sites is 2. The first-order valence-electron chi connectivity index (χ1n) is 8.16. The van der Waals surface area contributed by atoms with Crippen molar-refractivity contribution < 1.29 is 13.3 Å². The molecule has 0 radical (unpaired) electrons. The highest BCUT2D eigenvalue weighted by molar-refractivity contribution is 7.93. The first-order chi connectivity index (χ1) is 13.4. The average molecular weight is 414 g/mol. The van der Waals surface area contributed by atoms with Crippen LogP contribution < -0.4 is 4.72 Å². The van der Waals surface area contributed by atoms with Gasteiger partial charge in [-0.2, -0.15) is 0 Å². The molecule has 8 nitrogen and oxygen atoms in total. The number of aromatic nitrogens is 2. The fourth-order valence-corrected chi connectivity index (χ4v) is 5.17. The Bertz CT molecular complexity index is 1310. The zero-order chi connectivity index (χ0) is 19.9. The minimum absolute atomic E-state index is 0.137. The average Bonchev–Trinajstić information content (AvgIpc) is 3.24. The maximum Gasteiger partial charge on any atom is 0.289 e. The second-order valence-electron chi connectivity index (χ2n) is 6.04. The largest absolute Gasteiger partial charge is 0.358 e. The van der Waals surface area contributed by atoms with E-state index in [1.54, 1.807) is 5.38 Å². The number of anilines is 1. The number of nitro benzene ring substituents is 1. The number of rotatable bonds is 5. The van der Waals surface area contributed by atoms with Crippen LogP contribution in [0.15, 0.2) is 58.8 Å². The maximum absolute atomic E-state index is 12.6. The van der Waals surface area contributed by atoms with Crippen molar-refractivity contribution in [1.82, 2.24) is 9.97 Å². The third-order valence-electron chi connectivity index (χ3n) is 4.23. The molecule has 2 aromatic carbocycles. The van der Waals surface area contributed by atoms with E-state index in [0.29, 0.717) is 5.69 Å². The standard InChI is InChI=1S/C18H14N4O4S2/c1-11-17(12-6-2-3-7-13(12)19-11)14-10-27-18(20-14)21-28(25,26)16-9-5-4-8-15(16)22(23)24/h2-10,19H,1H3,(H,20,21). The fourth-order valence-electron chi connectivity index (χ4n) is 3.05. The predicted octanol–water partition coefficient (Wildman–Crippen LogP) is 4.31. The van der Waals surface area contributed by atoms with Crippen molar-refractivity contribution in [2.24, 2.45) is 0 Å². The summed E-state index contributed by atoms with van der Waals surface area (Å²) in [6, 6.07) is 13.0. The van der Waals surface area contributed by atoms with Gasteiger partial charge in [0.05, 0.1) is 10.6 Å². The van der Waals surface area contributed by atoms with Gasteiger partial charge >= 0.3 is 0 Å². The summed E-state index contributed by atoms with van der Waals surface area (Å²) in [5.41, 5.74) is 2.91. The molecule has 0 bridgehead atoms. The van der Waals surface area contributed by atoms with Gasteiger partial charge in [0.25, 0.3) is 15.7 Å². The lowest BCUT2D eigenvalue weighted by Crippen LogP contribution is -2.14. The van der Waals surface area contributed by atoms with E-state index in [4.69, 9.17) is 0 Å². The van der Waals surface area contributed by atoms with E-state index in [0.717, 1.165) is 39.6 Å². The molecule has 0 aliphatic carbocycles. The third-order valence-corrected chi connectivity index (χ3v) is 6.50. The van der Waals surface area contributed by atoms with Crippen molar-refractivity contribution in [2.45, 2.75) is 11.8 Å². The van der Waals surface area contributed by atoms with Gasteiger partial charge in [0.2, 0.25) is 0 Å². The van der Waals surface area contributed by atoms with E-state index in [2.05, 4.69) is 14.7 Å². The van der Waals surface area contributed by atoms with Crippen molar-refractivity contribution in [3.63, 3.8) is 0 Å². The highest BCUT2D eigenvalue weighted by Gasteiger charge is 2.26. The summed E-state index contributed by atoms with van der Waals surface area (Å²) in [6.45, 7) is 1.92. The highest BCUT2D eigenvalue weighted by Crippen LogP contribution is 2.34. The Morgan fingerprint density at radius 2 is 1.86 bits per heavy atom. The van der Waals surface area contributed by atoms with Crippen molar-refractivity contribution >= 4 is 43.1 Å². The molecule has 2 heterocycles. The van der Waals surface area contributed by atoms with Crippen LogP contribution in [0.3, 0.4) is 0 Å². The Labute approximate surface area is 164 Å². The number of aromatic amines is 1. The molecular weight excluding hydrogens is 400 g/mol. The van der Waals surface area contributed by atoms with Gasteiger partial charge in [0.1, 0.15) is 0 Å². The number of nitrogens with zero attached hydrogens (tertiary/aromatic N) is 2. The minimum Gasteiger partial charge on any atom is -0.358 e. The zero-order valence-corrected chi connectivity index (χ0v) is 16.2. The van der Waals surface area contributed by atoms with E-state index in [1.165, 1.54) is 18.2 Å². The van der Waals surface area contributed by atoms with E-state index >= 15 is 0 Å². The summed E-state index contributed by atoms with van der Waals surface area (Å²) in [5.74, 6) is 0. The van der Waals surface area contributed by atoms with Gasteiger partial charge in [-0.3, -0.25) is 14.8 Å². The quantitative estimate of drug-likeness (QED) is 0.373. The number of thiazole rings is 1.